The molecule has 2 heterocycles. The van der Waals surface area contributed by atoms with E-state index in [4.69, 9.17) is 9.97 Å². The summed E-state index contributed by atoms with van der Waals surface area (Å²) in [6.45, 7) is 0. The van der Waals surface area contributed by atoms with Crippen LogP contribution in [-0.2, 0) is 0 Å². The van der Waals surface area contributed by atoms with E-state index in [0.717, 1.165) is 21.8 Å². The molecular formula is C50H30N2S. The zero-order chi connectivity index (χ0) is 34.9. The number of fused-ring (bicyclic) bond motifs is 10. The third-order valence-corrected chi connectivity index (χ3v) is 12.0. The zero-order valence-corrected chi connectivity index (χ0v) is 29.4. The van der Waals surface area contributed by atoms with Crippen molar-refractivity contribution in [3.8, 4) is 44.5 Å². The van der Waals surface area contributed by atoms with Gasteiger partial charge >= 0.3 is 0 Å². The second kappa shape index (κ2) is 11.9. The summed E-state index contributed by atoms with van der Waals surface area (Å²) in [7, 11) is 0. The monoisotopic (exact) mass is 690 g/mol. The number of aromatic nitrogens is 2. The number of benzene rings is 9. The third kappa shape index (κ3) is 4.78. The fraction of sp³-hybridized carbons (Fsp3) is 0. The molecule has 0 radical (unpaired) electrons. The molecule has 246 valence electrons. The van der Waals surface area contributed by atoms with Gasteiger partial charge in [0, 0.05) is 48.9 Å². The summed E-state index contributed by atoms with van der Waals surface area (Å²) in [4.78, 5) is 9.43. The van der Waals surface area contributed by atoms with Gasteiger partial charge in [0.05, 0.1) is 11.0 Å². The van der Waals surface area contributed by atoms with Crippen molar-refractivity contribution in [2.75, 3.05) is 0 Å². The highest BCUT2D eigenvalue weighted by Gasteiger charge is 2.15. The van der Waals surface area contributed by atoms with Crippen LogP contribution < -0.4 is 0 Å². The topological polar surface area (TPSA) is 25.8 Å². The van der Waals surface area contributed by atoms with Gasteiger partial charge in [0.1, 0.15) is 0 Å². The second-order valence-electron chi connectivity index (χ2n) is 13.7. The van der Waals surface area contributed by atoms with Gasteiger partial charge in [0.2, 0.25) is 0 Å². The van der Waals surface area contributed by atoms with Gasteiger partial charge in [0.25, 0.3) is 0 Å². The van der Waals surface area contributed by atoms with Crippen molar-refractivity contribution in [2.24, 2.45) is 0 Å². The van der Waals surface area contributed by atoms with Gasteiger partial charge in [-0.1, -0.05) is 152 Å². The smallest absolute Gasteiger partial charge is 0.0971 e. The molecule has 53 heavy (non-hydrogen) atoms. The molecule has 0 saturated heterocycles. The normalized spacial score (nSPS) is 11.8. The van der Waals surface area contributed by atoms with Crippen LogP contribution in [-0.4, -0.2) is 9.97 Å². The number of nitrogens with zero attached hydrogens (tertiary/aromatic N) is 2. The van der Waals surface area contributed by atoms with Crippen molar-refractivity contribution in [3.05, 3.63) is 182 Å². The fourth-order valence-corrected chi connectivity index (χ4v) is 9.51. The number of hydrogen-bond acceptors (Lipinski definition) is 3. The molecule has 0 N–H and O–H groups in total. The van der Waals surface area contributed by atoms with Crippen LogP contribution in [0.3, 0.4) is 0 Å². The predicted octanol–water partition coefficient (Wildman–Crippen LogP) is 14.1. The summed E-state index contributed by atoms with van der Waals surface area (Å²) in [5.41, 5.74) is 11.7. The summed E-state index contributed by atoms with van der Waals surface area (Å²) in [6, 6.07) is 62.1. The molecule has 11 aromatic rings. The first kappa shape index (κ1) is 30.0. The van der Waals surface area contributed by atoms with Gasteiger partial charge in [0.15, 0.2) is 0 Å². The predicted molar refractivity (Wildman–Crippen MR) is 227 cm³/mol. The summed E-state index contributed by atoms with van der Waals surface area (Å²) < 4.78 is 2.68. The molecule has 0 spiro atoms. The Balaban J connectivity index is 0.966. The van der Waals surface area contributed by atoms with Gasteiger partial charge < -0.3 is 0 Å². The summed E-state index contributed by atoms with van der Waals surface area (Å²) in [6.07, 6.45) is 3.56. The lowest BCUT2D eigenvalue weighted by atomic mass is 9.90. The van der Waals surface area contributed by atoms with Crippen LogP contribution in [0.25, 0.3) is 108 Å². The molecule has 0 amide bonds. The largest absolute Gasteiger partial charge is 0.252 e. The SMILES string of the molecule is c1cc(-c2ccc(-c3ccc(-c4cccc5c4sc4ccccc45)c4ccccc34)cc2)cc(-c2ccc3c(c2)c2ccccc2c2nccnc32)c1. The number of thiophene rings is 1. The van der Waals surface area contributed by atoms with Gasteiger partial charge in [-0.3, -0.25) is 9.97 Å². The first-order valence-electron chi connectivity index (χ1n) is 18.0. The Morgan fingerprint density at radius 3 is 1.64 bits per heavy atom. The van der Waals surface area contributed by atoms with Crippen molar-refractivity contribution in [1.82, 2.24) is 9.97 Å². The average Bonchev–Trinajstić information content (AvgIpc) is 3.63. The molecule has 0 atom stereocenters. The van der Waals surface area contributed by atoms with Crippen molar-refractivity contribution >= 4 is 74.9 Å². The van der Waals surface area contributed by atoms with Crippen LogP contribution in [0.1, 0.15) is 0 Å². The van der Waals surface area contributed by atoms with Crippen molar-refractivity contribution in [3.63, 3.8) is 0 Å². The van der Waals surface area contributed by atoms with Crippen molar-refractivity contribution < 1.29 is 0 Å². The van der Waals surface area contributed by atoms with E-state index in [1.165, 1.54) is 86.2 Å². The first-order chi connectivity index (χ1) is 26.3. The minimum atomic E-state index is 0.942. The van der Waals surface area contributed by atoms with Crippen LogP contribution in [0.4, 0.5) is 0 Å². The summed E-state index contributed by atoms with van der Waals surface area (Å²) >= 11 is 1.89. The van der Waals surface area contributed by atoms with Crippen LogP contribution in [0.2, 0.25) is 0 Å². The highest BCUT2D eigenvalue weighted by atomic mass is 32.1. The summed E-state index contributed by atoms with van der Waals surface area (Å²) in [5.74, 6) is 0. The molecule has 3 heteroatoms. The maximum atomic E-state index is 4.74. The van der Waals surface area contributed by atoms with Crippen LogP contribution in [0.5, 0.6) is 0 Å². The molecule has 2 aromatic heterocycles. The lowest BCUT2D eigenvalue weighted by molar-refractivity contribution is 1.31. The number of hydrogen-bond donors (Lipinski definition) is 0. The maximum absolute atomic E-state index is 4.74. The van der Waals surface area contributed by atoms with Crippen molar-refractivity contribution in [1.29, 1.82) is 0 Å². The van der Waals surface area contributed by atoms with Gasteiger partial charge in [-0.05, 0) is 78.7 Å². The van der Waals surface area contributed by atoms with E-state index in [2.05, 4.69) is 170 Å². The highest BCUT2D eigenvalue weighted by Crippen LogP contribution is 2.43. The lowest BCUT2D eigenvalue weighted by Gasteiger charge is -2.14. The van der Waals surface area contributed by atoms with E-state index in [1.807, 2.05) is 11.3 Å². The van der Waals surface area contributed by atoms with E-state index < -0.39 is 0 Å². The van der Waals surface area contributed by atoms with Gasteiger partial charge in [-0.25, -0.2) is 0 Å². The lowest BCUT2D eigenvalue weighted by Crippen LogP contribution is -1.89. The molecule has 0 aliphatic carbocycles. The molecule has 0 aliphatic rings. The Labute approximate surface area is 310 Å². The third-order valence-electron chi connectivity index (χ3n) is 10.8. The van der Waals surface area contributed by atoms with E-state index in [0.29, 0.717) is 0 Å². The first-order valence-corrected chi connectivity index (χ1v) is 18.8. The molecule has 0 fully saturated rings. The van der Waals surface area contributed by atoms with Crippen LogP contribution >= 0.6 is 11.3 Å². The maximum Gasteiger partial charge on any atom is 0.0971 e. The number of rotatable bonds is 4. The molecule has 11 rings (SSSR count). The Hall–Kier alpha value is -6.68. The van der Waals surface area contributed by atoms with Crippen LogP contribution in [0, 0.1) is 0 Å². The molecule has 0 bridgehead atoms. The van der Waals surface area contributed by atoms with E-state index in [9.17, 15) is 0 Å². The molecule has 0 aliphatic heterocycles. The van der Waals surface area contributed by atoms with Gasteiger partial charge in [-0.2, -0.15) is 0 Å². The minimum absolute atomic E-state index is 0.942. The average molecular weight is 691 g/mol. The highest BCUT2D eigenvalue weighted by molar-refractivity contribution is 7.26. The molecular weight excluding hydrogens is 661 g/mol. The minimum Gasteiger partial charge on any atom is -0.252 e. The Morgan fingerprint density at radius 2 is 0.849 bits per heavy atom. The molecule has 9 aromatic carbocycles. The Morgan fingerprint density at radius 1 is 0.302 bits per heavy atom. The fourth-order valence-electron chi connectivity index (χ4n) is 8.28. The Kier molecular flexibility index (Phi) is 6.76. The quantitative estimate of drug-likeness (QED) is 0.172. The standard InChI is InChI=1S/C50H30N2S/c1-2-12-38-37(11-1)36(25-26-40(38)44-16-8-17-45-41-14-5-6-18-47(41)53-50(44)45)32-21-19-31(20-22-32)33-9-7-10-34(29-33)35-23-24-43-46(30-35)39-13-3-4-15-42(39)48-49(43)52-28-27-51-48/h1-30H. The van der Waals surface area contributed by atoms with E-state index in [1.54, 1.807) is 12.4 Å². The van der Waals surface area contributed by atoms with Crippen LogP contribution in [0.15, 0.2) is 182 Å². The zero-order valence-electron chi connectivity index (χ0n) is 28.6. The van der Waals surface area contributed by atoms with Crippen molar-refractivity contribution in [2.45, 2.75) is 0 Å². The van der Waals surface area contributed by atoms with E-state index in [-0.39, 0.29) is 0 Å². The summed E-state index contributed by atoms with van der Waals surface area (Å²) in [5, 5.41) is 9.84. The molecule has 0 saturated carbocycles. The van der Waals surface area contributed by atoms with Gasteiger partial charge in [-0.15, -0.1) is 11.3 Å². The van der Waals surface area contributed by atoms with E-state index >= 15 is 0 Å². The Bertz CT molecular complexity index is 3190. The molecule has 2 nitrogen and oxygen atoms in total. The molecule has 0 unspecified atom stereocenters. The second-order valence-corrected chi connectivity index (χ2v) is 14.8.